The van der Waals surface area contributed by atoms with E-state index in [1.807, 2.05) is 41.5 Å². The van der Waals surface area contributed by atoms with Crippen LogP contribution in [0, 0.1) is 36.5 Å². The number of carbonyl (C=O) groups excluding carboxylic acids is 2. The molecule has 9 heteroatoms. The van der Waals surface area contributed by atoms with Gasteiger partial charge in [-0.3, -0.25) is 9.78 Å². The van der Waals surface area contributed by atoms with E-state index in [9.17, 15) is 14.7 Å². The van der Waals surface area contributed by atoms with E-state index in [0.29, 0.717) is 24.8 Å². The minimum absolute atomic E-state index is 0.0273. The van der Waals surface area contributed by atoms with Crippen molar-refractivity contribution in [1.29, 1.82) is 0 Å². The number of methoxy groups -OCH3 is 1. The summed E-state index contributed by atoms with van der Waals surface area (Å²) in [6.07, 6.45) is 4.93. The van der Waals surface area contributed by atoms with Crippen LogP contribution in [0.25, 0.3) is 0 Å². The van der Waals surface area contributed by atoms with E-state index in [1.165, 1.54) is 5.56 Å². The van der Waals surface area contributed by atoms with E-state index in [4.69, 9.17) is 19.2 Å². The third-order valence-electron chi connectivity index (χ3n) is 8.80. The quantitative estimate of drug-likeness (QED) is 0.169. The number of nitrogens with one attached hydrogen (secondary N) is 2. The number of carbonyl (C=O) groups is 2. The number of unbranched alkanes of at least 4 members (excludes halogenated alkanes) is 1. The summed E-state index contributed by atoms with van der Waals surface area (Å²) < 4.78 is 16.3. The van der Waals surface area contributed by atoms with Crippen LogP contribution < -0.4 is 10.6 Å². The number of hydrogen-bond donors (Lipinski definition) is 3. The molecule has 1 saturated heterocycles. The van der Waals surface area contributed by atoms with E-state index in [1.54, 1.807) is 7.11 Å². The second-order valence-electron chi connectivity index (χ2n) is 14.7. The number of amides is 2. The Balaban J connectivity index is 2.21. The first-order valence-corrected chi connectivity index (χ1v) is 17.2. The average Bonchev–Trinajstić information content (AvgIpc) is 2.95. The summed E-state index contributed by atoms with van der Waals surface area (Å²) in [5, 5.41) is 17.8. The zero-order valence-electron chi connectivity index (χ0n) is 29.6. The second-order valence-corrected chi connectivity index (χ2v) is 14.7. The largest absolute Gasteiger partial charge is 0.444 e. The van der Waals surface area contributed by atoms with Crippen molar-refractivity contribution in [3.63, 3.8) is 0 Å². The minimum atomic E-state index is -0.921. The molecule has 258 valence electrons. The summed E-state index contributed by atoms with van der Waals surface area (Å²) in [5.41, 5.74) is 2.61. The van der Waals surface area contributed by atoms with Gasteiger partial charge in [0.25, 0.3) is 0 Å². The molecule has 0 radical (unpaired) electrons. The number of rotatable bonds is 18. The highest BCUT2D eigenvalue weighted by Gasteiger charge is 2.33. The van der Waals surface area contributed by atoms with Crippen LogP contribution in [0.3, 0.4) is 0 Å². The van der Waals surface area contributed by atoms with Crippen molar-refractivity contribution in [2.45, 2.75) is 125 Å². The van der Waals surface area contributed by atoms with E-state index in [0.717, 1.165) is 69.7 Å². The first kappa shape index (κ1) is 39.0. The van der Waals surface area contributed by atoms with Crippen LogP contribution in [0.2, 0.25) is 0 Å². The molecule has 1 aliphatic heterocycles. The van der Waals surface area contributed by atoms with Crippen molar-refractivity contribution in [1.82, 2.24) is 15.6 Å². The van der Waals surface area contributed by atoms with Crippen LogP contribution in [0.15, 0.2) is 12.1 Å². The van der Waals surface area contributed by atoms with Crippen LogP contribution in [0.4, 0.5) is 4.79 Å². The lowest BCUT2D eigenvalue weighted by atomic mass is 9.80. The van der Waals surface area contributed by atoms with Crippen molar-refractivity contribution >= 4 is 12.0 Å². The van der Waals surface area contributed by atoms with Gasteiger partial charge in [0, 0.05) is 50.8 Å². The Bertz CT molecular complexity index is 1020. The van der Waals surface area contributed by atoms with Gasteiger partial charge in [0.15, 0.2) is 0 Å². The van der Waals surface area contributed by atoms with Crippen molar-refractivity contribution < 1.29 is 28.9 Å². The van der Waals surface area contributed by atoms with Gasteiger partial charge in [0.05, 0.1) is 12.1 Å². The molecule has 1 aromatic rings. The Hall–Kier alpha value is -2.23. The predicted molar refractivity (Wildman–Crippen MR) is 179 cm³/mol. The number of pyridine rings is 1. The fraction of sp³-hybridized carbons (Fsp3) is 0.806. The van der Waals surface area contributed by atoms with Crippen LogP contribution in [-0.4, -0.2) is 73.3 Å². The van der Waals surface area contributed by atoms with Gasteiger partial charge in [-0.15, -0.1) is 0 Å². The molecule has 0 aromatic carbocycles. The van der Waals surface area contributed by atoms with Gasteiger partial charge in [0.2, 0.25) is 5.91 Å². The highest BCUT2D eigenvalue weighted by atomic mass is 16.6. The van der Waals surface area contributed by atoms with E-state index in [2.05, 4.69) is 36.6 Å². The molecule has 0 bridgehead atoms. The maximum absolute atomic E-state index is 13.4. The van der Waals surface area contributed by atoms with Gasteiger partial charge in [-0.1, -0.05) is 27.7 Å². The molecule has 2 heterocycles. The van der Waals surface area contributed by atoms with Gasteiger partial charge >= 0.3 is 6.09 Å². The third-order valence-corrected chi connectivity index (χ3v) is 8.80. The number of aromatic nitrogens is 1. The maximum atomic E-state index is 13.4. The number of aryl methyl sites for hydroxylation is 2. The fourth-order valence-corrected chi connectivity index (χ4v) is 6.04. The molecular formula is C36H63N3O6. The number of alkyl carbamates (subject to hydrolysis) is 1. The molecule has 4 atom stereocenters. The van der Waals surface area contributed by atoms with Gasteiger partial charge in [-0.2, -0.15) is 0 Å². The lowest BCUT2D eigenvalue weighted by Gasteiger charge is -2.33. The predicted octanol–water partition coefficient (Wildman–Crippen LogP) is 6.02. The van der Waals surface area contributed by atoms with Crippen molar-refractivity contribution in [3.05, 3.63) is 29.1 Å². The van der Waals surface area contributed by atoms with Crippen LogP contribution in [0.1, 0.15) is 104 Å². The molecule has 4 unspecified atom stereocenters. The summed E-state index contributed by atoms with van der Waals surface area (Å²) >= 11 is 0. The van der Waals surface area contributed by atoms with Crippen LogP contribution >= 0.6 is 0 Å². The topological polar surface area (TPSA) is 119 Å². The lowest BCUT2D eigenvalue weighted by molar-refractivity contribution is -0.128. The Morgan fingerprint density at radius 2 is 1.76 bits per heavy atom. The summed E-state index contributed by atoms with van der Waals surface area (Å²) in [6, 6.07) is 3.76. The smallest absolute Gasteiger partial charge is 0.407 e. The number of aliphatic hydroxyl groups excluding tert-OH is 1. The van der Waals surface area contributed by atoms with Gasteiger partial charge in [-0.25, -0.2) is 4.79 Å². The second kappa shape index (κ2) is 19.4. The molecule has 2 amide bonds. The lowest BCUT2D eigenvalue weighted by Crippen LogP contribution is -2.49. The van der Waals surface area contributed by atoms with Gasteiger partial charge < -0.3 is 30.0 Å². The molecular weight excluding hydrogens is 570 g/mol. The number of hydrogen-bond acceptors (Lipinski definition) is 7. The zero-order valence-corrected chi connectivity index (χ0v) is 29.6. The monoisotopic (exact) mass is 633 g/mol. The van der Waals surface area contributed by atoms with E-state index in [-0.39, 0.29) is 30.1 Å². The molecule has 9 nitrogen and oxygen atoms in total. The van der Waals surface area contributed by atoms with Crippen molar-refractivity contribution in [2.24, 2.45) is 29.6 Å². The Morgan fingerprint density at radius 1 is 1.07 bits per heavy atom. The fourth-order valence-electron chi connectivity index (χ4n) is 6.04. The Morgan fingerprint density at radius 3 is 2.36 bits per heavy atom. The number of nitrogens with zero attached hydrogens (tertiary/aromatic N) is 1. The SMILES string of the molecule is COCCCCc1cc(CC(CC(NC(=O)OC(C)(C)C)C(O)CC(C(=O)NCC2CCOCC2)C(C)C)C(C)C)cc(C)n1. The zero-order chi connectivity index (χ0) is 33.6. The molecule has 0 aliphatic carbocycles. The van der Waals surface area contributed by atoms with Crippen LogP contribution in [-0.2, 0) is 31.8 Å². The summed E-state index contributed by atoms with van der Waals surface area (Å²) in [5.74, 6) is 0.474. The molecule has 2 rings (SSSR count). The normalized spacial score (nSPS) is 17.2. The van der Waals surface area contributed by atoms with Crippen LogP contribution in [0.5, 0.6) is 0 Å². The number of aliphatic hydroxyl groups is 1. The summed E-state index contributed by atoms with van der Waals surface area (Å²) in [7, 11) is 1.73. The van der Waals surface area contributed by atoms with Gasteiger partial charge in [0.1, 0.15) is 5.60 Å². The number of ether oxygens (including phenoxy) is 3. The van der Waals surface area contributed by atoms with E-state index < -0.39 is 23.8 Å². The standard InChI is InChI=1S/C36H63N3O6/c1-24(2)29(19-28-18-26(5)38-30(20-28)12-10-11-15-43-9)21-32(39-35(42)45-36(6,7)8)33(40)22-31(25(3)4)34(41)37-23-27-13-16-44-17-14-27/h18,20,24-25,27,29,31-33,40H,10-17,19,21-23H2,1-9H3,(H,37,41)(H,39,42). The molecule has 1 aliphatic rings. The molecule has 45 heavy (non-hydrogen) atoms. The Labute approximate surface area is 273 Å². The van der Waals surface area contributed by atoms with Crippen molar-refractivity contribution in [3.8, 4) is 0 Å². The average molecular weight is 634 g/mol. The Kier molecular flexibility index (Phi) is 16.8. The summed E-state index contributed by atoms with van der Waals surface area (Å²) in [6.45, 7) is 18.7. The first-order valence-electron chi connectivity index (χ1n) is 17.2. The highest BCUT2D eigenvalue weighted by molar-refractivity contribution is 5.79. The molecule has 0 saturated carbocycles. The third kappa shape index (κ3) is 15.3. The summed E-state index contributed by atoms with van der Waals surface area (Å²) in [4.78, 5) is 31.1. The highest BCUT2D eigenvalue weighted by Crippen LogP contribution is 2.28. The molecule has 1 aromatic heterocycles. The van der Waals surface area contributed by atoms with E-state index >= 15 is 0 Å². The van der Waals surface area contributed by atoms with Crippen molar-refractivity contribution in [2.75, 3.05) is 33.5 Å². The minimum Gasteiger partial charge on any atom is -0.444 e. The molecule has 1 fully saturated rings. The molecule has 3 N–H and O–H groups in total. The van der Waals surface area contributed by atoms with Gasteiger partial charge in [-0.05, 0) is 120 Å². The molecule has 0 spiro atoms. The first-order chi connectivity index (χ1) is 21.2. The maximum Gasteiger partial charge on any atom is 0.407 e.